The van der Waals surface area contributed by atoms with E-state index in [1.54, 1.807) is 23.1 Å². The van der Waals surface area contributed by atoms with E-state index in [2.05, 4.69) is 0 Å². The smallest absolute Gasteiger partial charge is 0.335 e. The van der Waals surface area contributed by atoms with Crippen molar-refractivity contribution in [1.82, 2.24) is 4.90 Å². The molecule has 0 radical (unpaired) electrons. The maximum atomic E-state index is 12.2. The first-order chi connectivity index (χ1) is 9.54. The van der Waals surface area contributed by atoms with Crippen LogP contribution in [0.1, 0.15) is 40.7 Å². The molecule has 0 saturated heterocycles. The van der Waals surface area contributed by atoms with Gasteiger partial charge in [-0.15, -0.1) is 0 Å². The largest absolute Gasteiger partial charge is 0.478 e. The van der Waals surface area contributed by atoms with Gasteiger partial charge in [0.25, 0.3) is 0 Å². The molecule has 1 heterocycles. The van der Waals surface area contributed by atoms with Gasteiger partial charge in [-0.3, -0.25) is 4.79 Å². The Balaban J connectivity index is 1.66. The summed E-state index contributed by atoms with van der Waals surface area (Å²) in [5.41, 5.74) is 8.22. The second-order valence-electron chi connectivity index (χ2n) is 5.74. The summed E-state index contributed by atoms with van der Waals surface area (Å²) in [7, 11) is 0. The Morgan fingerprint density at radius 2 is 2.00 bits per heavy atom. The van der Waals surface area contributed by atoms with E-state index in [-0.39, 0.29) is 17.5 Å². The lowest BCUT2D eigenvalue weighted by molar-refractivity contribution is -0.132. The topological polar surface area (TPSA) is 83.6 Å². The molecule has 1 atom stereocenters. The van der Waals surface area contributed by atoms with Crippen LogP contribution in [0.5, 0.6) is 0 Å². The van der Waals surface area contributed by atoms with Crippen LogP contribution in [0.2, 0.25) is 0 Å². The Bertz CT molecular complexity index is 566. The van der Waals surface area contributed by atoms with E-state index < -0.39 is 5.97 Å². The number of rotatable bonds is 4. The van der Waals surface area contributed by atoms with Crippen molar-refractivity contribution in [3.63, 3.8) is 0 Å². The van der Waals surface area contributed by atoms with Crippen molar-refractivity contribution in [3.8, 4) is 0 Å². The molecule has 1 saturated carbocycles. The van der Waals surface area contributed by atoms with Crippen molar-refractivity contribution >= 4 is 11.9 Å². The second-order valence-corrected chi connectivity index (χ2v) is 5.74. The van der Waals surface area contributed by atoms with E-state index in [0.29, 0.717) is 25.4 Å². The number of hydrogen-bond donors (Lipinski definition) is 2. The summed E-state index contributed by atoms with van der Waals surface area (Å²) in [5.74, 6) is -0.353. The summed E-state index contributed by atoms with van der Waals surface area (Å²) in [5, 5.41) is 8.98. The van der Waals surface area contributed by atoms with Gasteiger partial charge in [-0.1, -0.05) is 6.07 Å². The molecule has 0 aromatic heterocycles. The number of fused-ring (bicyclic) bond motifs is 1. The van der Waals surface area contributed by atoms with Crippen molar-refractivity contribution in [3.05, 3.63) is 34.9 Å². The van der Waals surface area contributed by atoms with Crippen molar-refractivity contribution in [2.45, 2.75) is 38.4 Å². The summed E-state index contributed by atoms with van der Waals surface area (Å²) >= 11 is 0. The SMILES string of the molecule is NC(CC(=O)N1Cc2ccc(C(=O)O)cc2C1)C1CC1. The van der Waals surface area contributed by atoms with Gasteiger partial charge in [-0.25, -0.2) is 4.79 Å². The van der Waals surface area contributed by atoms with Gasteiger partial charge in [0.15, 0.2) is 0 Å². The van der Waals surface area contributed by atoms with Crippen molar-refractivity contribution in [1.29, 1.82) is 0 Å². The van der Waals surface area contributed by atoms with Gasteiger partial charge in [-0.2, -0.15) is 0 Å². The van der Waals surface area contributed by atoms with Gasteiger partial charge in [0.05, 0.1) is 5.56 Å². The predicted octanol–water partition coefficient (Wildman–Crippen LogP) is 1.35. The third kappa shape index (κ3) is 2.54. The van der Waals surface area contributed by atoms with Crippen LogP contribution in [0.4, 0.5) is 0 Å². The lowest BCUT2D eigenvalue weighted by atomic mass is 10.1. The highest BCUT2D eigenvalue weighted by Gasteiger charge is 2.32. The molecular weight excluding hydrogens is 256 g/mol. The number of nitrogens with two attached hydrogens (primary N) is 1. The average Bonchev–Trinajstić information content (AvgIpc) is 3.17. The molecule has 5 heteroatoms. The van der Waals surface area contributed by atoms with E-state index in [4.69, 9.17) is 10.8 Å². The average molecular weight is 274 g/mol. The first kappa shape index (κ1) is 13.1. The maximum absolute atomic E-state index is 12.2. The highest BCUT2D eigenvalue weighted by atomic mass is 16.4. The molecule has 0 spiro atoms. The minimum atomic E-state index is -0.937. The highest BCUT2D eigenvalue weighted by molar-refractivity contribution is 5.88. The van der Waals surface area contributed by atoms with Crippen LogP contribution in [0.15, 0.2) is 18.2 Å². The Hall–Kier alpha value is -1.88. The number of nitrogens with zero attached hydrogens (tertiary/aromatic N) is 1. The Kier molecular flexibility index (Phi) is 3.22. The van der Waals surface area contributed by atoms with Gasteiger partial charge >= 0.3 is 5.97 Å². The molecule has 1 amide bonds. The van der Waals surface area contributed by atoms with E-state index >= 15 is 0 Å². The first-order valence-electron chi connectivity index (χ1n) is 6.93. The summed E-state index contributed by atoms with van der Waals surface area (Å²) in [6, 6.07) is 5.02. The Morgan fingerprint density at radius 3 is 2.65 bits per heavy atom. The van der Waals surface area contributed by atoms with Crippen LogP contribution in [0.25, 0.3) is 0 Å². The molecule has 3 rings (SSSR count). The molecule has 1 aromatic carbocycles. The zero-order valence-electron chi connectivity index (χ0n) is 11.2. The van der Waals surface area contributed by atoms with E-state index in [9.17, 15) is 9.59 Å². The lowest BCUT2D eigenvalue weighted by Gasteiger charge is -2.18. The molecule has 5 nitrogen and oxygen atoms in total. The first-order valence-corrected chi connectivity index (χ1v) is 6.93. The molecule has 0 bridgehead atoms. The van der Waals surface area contributed by atoms with Crippen LogP contribution < -0.4 is 5.73 Å². The molecule has 1 aliphatic carbocycles. The fourth-order valence-corrected chi connectivity index (χ4v) is 2.73. The summed E-state index contributed by atoms with van der Waals surface area (Å²) in [6.45, 7) is 1.05. The standard InChI is InChI=1S/C15H18N2O3/c16-13(9-1-2-9)6-14(18)17-7-11-4-3-10(15(19)20)5-12(11)8-17/h3-5,9,13H,1-2,6-8,16H2,(H,19,20). The molecular formula is C15H18N2O3. The molecule has 1 fully saturated rings. The van der Waals surface area contributed by atoms with Crippen LogP contribution in [-0.2, 0) is 17.9 Å². The molecule has 1 unspecified atom stereocenters. The number of carbonyl (C=O) groups excluding carboxylic acids is 1. The lowest BCUT2D eigenvalue weighted by Crippen LogP contribution is -2.33. The number of benzene rings is 1. The maximum Gasteiger partial charge on any atom is 0.335 e. The van der Waals surface area contributed by atoms with Gasteiger partial charge in [0.2, 0.25) is 5.91 Å². The number of carbonyl (C=O) groups is 2. The Morgan fingerprint density at radius 1 is 1.30 bits per heavy atom. The third-order valence-electron chi connectivity index (χ3n) is 4.17. The minimum Gasteiger partial charge on any atom is -0.478 e. The summed E-state index contributed by atoms with van der Waals surface area (Å²) in [4.78, 5) is 24.9. The monoisotopic (exact) mass is 274 g/mol. The Labute approximate surface area is 117 Å². The van der Waals surface area contributed by atoms with Crippen molar-refractivity contribution in [2.24, 2.45) is 11.7 Å². The summed E-state index contributed by atoms with van der Waals surface area (Å²) < 4.78 is 0. The van der Waals surface area contributed by atoms with Crippen LogP contribution in [-0.4, -0.2) is 27.9 Å². The number of hydrogen-bond acceptors (Lipinski definition) is 3. The zero-order chi connectivity index (χ0) is 14.3. The van der Waals surface area contributed by atoms with Gasteiger partial charge < -0.3 is 15.7 Å². The minimum absolute atomic E-state index is 0.0270. The van der Waals surface area contributed by atoms with E-state index in [1.165, 1.54) is 0 Å². The van der Waals surface area contributed by atoms with Crippen molar-refractivity contribution in [2.75, 3.05) is 0 Å². The van der Waals surface area contributed by atoms with E-state index in [0.717, 1.165) is 24.0 Å². The summed E-state index contributed by atoms with van der Waals surface area (Å²) in [6.07, 6.45) is 2.66. The predicted molar refractivity (Wildman–Crippen MR) is 73.0 cm³/mol. The normalized spacial score (nSPS) is 18.8. The quantitative estimate of drug-likeness (QED) is 0.868. The van der Waals surface area contributed by atoms with Crippen LogP contribution in [0.3, 0.4) is 0 Å². The van der Waals surface area contributed by atoms with Gasteiger partial charge in [0.1, 0.15) is 0 Å². The molecule has 1 aliphatic heterocycles. The third-order valence-corrected chi connectivity index (χ3v) is 4.17. The van der Waals surface area contributed by atoms with Crippen molar-refractivity contribution < 1.29 is 14.7 Å². The fourth-order valence-electron chi connectivity index (χ4n) is 2.73. The van der Waals surface area contributed by atoms with Crippen LogP contribution >= 0.6 is 0 Å². The fraction of sp³-hybridized carbons (Fsp3) is 0.467. The number of carboxylic acids is 1. The second kappa shape index (κ2) is 4.90. The molecule has 2 aliphatic rings. The molecule has 20 heavy (non-hydrogen) atoms. The number of amides is 1. The molecule has 1 aromatic rings. The number of carboxylic acid groups (broad SMARTS) is 1. The van der Waals surface area contributed by atoms with Gasteiger partial charge in [0, 0.05) is 25.6 Å². The van der Waals surface area contributed by atoms with Gasteiger partial charge in [-0.05, 0) is 42.0 Å². The zero-order valence-corrected chi connectivity index (χ0v) is 11.2. The van der Waals surface area contributed by atoms with Crippen LogP contribution in [0, 0.1) is 5.92 Å². The number of aromatic carboxylic acids is 1. The highest BCUT2D eigenvalue weighted by Crippen LogP contribution is 2.33. The van der Waals surface area contributed by atoms with E-state index in [1.807, 2.05) is 0 Å². The molecule has 106 valence electrons. The molecule has 3 N–H and O–H groups in total.